The molecule has 0 fully saturated rings. The number of ether oxygens (including phenoxy) is 1. The number of anilines is 1. The van der Waals surface area contributed by atoms with Crippen molar-refractivity contribution in [3.05, 3.63) is 28.0 Å². The van der Waals surface area contributed by atoms with Crippen LogP contribution in [0.2, 0.25) is 0 Å². The molecule has 0 atom stereocenters. The first-order valence-electron chi connectivity index (χ1n) is 5.69. The van der Waals surface area contributed by atoms with Crippen LogP contribution >= 0.6 is 15.9 Å². The number of aliphatic carboxylic acids is 1. The van der Waals surface area contributed by atoms with Gasteiger partial charge in [0, 0.05) is 6.54 Å². The molecule has 9 heteroatoms. The molecule has 1 rings (SSSR count). The molecule has 0 aliphatic rings. The van der Waals surface area contributed by atoms with Crippen molar-refractivity contribution >= 4 is 39.6 Å². The second kappa shape index (κ2) is 7.58. The zero-order chi connectivity index (χ0) is 16.0. The van der Waals surface area contributed by atoms with Crippen LogP contribution < -0.4 is 10.6 Å². The molecule has 0 bridgehead atoms. The van der Waals surface area contributed by atoms with Crippen molar-refractivity contribution in [2.24, 2.45) is 0 Å². The molecule has 0 radical (unpaired) electrons. The molecule has 0 spiro atoms. The number of hydrogen-bond acceptors (Lipinski definition) is 4. The zero-order valence-corrected chi connectivity index (χ0v) is 12.5. The Morgan fingerprint density at radius 1 is 1.38 bits per heavy atom. The maximum absolute atomic E-state index is 13.4. The van der Waals surface area contributed by atoms with Crippen molar-refractivity contribution in [1.82, 2.24) is 5.32 Å². The number of carboxylic acid groups (broad SMARTS) is 1. The molecule has 2 amide bonds. The van der Waals surface area contributed by atoms with E-state index < -0.39 is 23.8 Å². The molecule has 0 unspecified atom stereocenters. The van der Waals surface area contributed by atoms with E-state index in [9.17, 15) is 18.8 Å². The second-order valence-corrected chi connectivity index (χ2v) is 4.68. The van der Waals surface area contributed by atoms with Gasteiger partial charge in [0.25, 0.3) is 0 Å². The van der Waals surface area contributed by atoms with E-state index in [1.54, 1.807) is 0 Å². The van der Waals surface area contributed by atoms with Gasteiger partial charge in [-0.1, -0.05) is 0 Å². The van der Waals surface area contributed by atoms with E-state index in [4.69, 9.17) is 5.11 Å². The van der Waals surface area contributed by atoms with Gasteiger partial charge in [-0.25, -0.2) is 14.0 Å². The average Bonchev–Trinajstić information content (AvgIpc) is 2.41. The smallest absolute Gasteiger partial charge is 0.340 e. The Morgan fingerprint density at radius 3 is 2.62 bits per heavy atom. The lowest BCUT2D eigenvalue weighted by atomic mass is 10.1. The summed E-state index contributed by atoms with van der Waals surface area (Å²) in [5, 5.41) is 13.1. The Balaban J connectivity index is 2.86. The van der Waals surface area contributed by atoms with E-state index in [1.807, 2.05) is 0 Å². The molecule has 1 aromatic carbocycles. The lowest BCUT2D eigenvalue weighted by Gasteiger charge is -2.11. The van der Waals surface area contributed by atoms with Crippen LogP contribution in [0, 0.1) is 5.82 Å². The summed E-state index contributed by atoms with van der Waals surface area (Å²) in [6.45, 7) is -0.0862. The highest BCUT2D eigenvalue weighted by molar-refractivity contribution is 9.10. The predicted octanol–water partition coefficient (Wildman–Crippen LogP) is 1.97. The first-order valence-corrected chi connectivity index (χ1v) is 6.48. The number of hydrogen-bond donors (Lipinski definition) is 3. The molecular formula is C12H12BrFN2O5. The third kappa shape index (κ3) is 5.03. The molecule has 114 valence electrons. The lowest BCUT2D eigenvalue weighted by Crippen LogP contribution is -2.31. The molecule has 0 aliphatic carbocycles. The van der Waals surface area contributed by atoms with Gasteiger partial charge < -0.3 is 20.5 Å². The van der Waals surface area contributed by atoms with Crippen LogP contribution in [0.25, 0.3) is 0 Å². The topological polar surface area (TPSA) is 105 Å². The summed E-state index contributed by atoms with van der Waals surface area (Å²) in [4.78, 5) is 33.4. The molecule has 0 aliphatic heterocycles. The molecule has 0 saturated heterocycles. The number of carbonyl (C=O) groups excluding carboxylic acids is 2. The highest BCUT2D eigenvalue weighted by atomic mass is 79.9. The first kappa shape index (κ1) is 16.9. The van der Waals surface area contributed by atoms with E-state index in [1.165, 1.54) is 6.07 Å². The Labute approximate surface area is 127 Å². The fraction of sp³-hybridized carbons (Fsp3) is 0.250. The number of nitrogens with one attached hydrogen (secondary N) is 2. The fourth-order valence-corrected chi connectivity index (χ4v) is 1.72. The van der Waals surface area contributed by atoms with E-state index in [-0.39, 0.29) is 28.7 Å². The van der Waals surface area contributed by atoms with Gasteiger partial charge in [-0.15, -0.1) is 0 Å². The number of carboxylic acids is 1. The number of carbonyl (C=O) groups is 3. The van der Waals surface area contributed by atoms with Gasteiger partial charge in [0.15, 0.2) is 0 Å². The number of methoxy groups -OCH3 is 1. The first-order chi connectivity index (χ1) is 9.85. The Hall–Kier alpha value is -2.16. The minimum atomic E-state index is -1.06. The van der Waals surface area contributed by atoms with Gasteiger partial charge in [0.2, 0.25) is 0 Å². The highest BCUT2D eigenvalue weighted by Gasteiger charge is 2.17. The number of esters is 1. The summed E-state index contributed by atoms with van der Waals surface area (Å²) < 4.78 is 18.0. The standard InChI is InChI=1S/C12H12BrFN2O5/c1-21-11(19)6-4-8(14)7(13)5-9(6)16-12(20)15-3-2-10(17)18/h4-5H,2-3H2,1H3,(H,17,18)(H2,15,16,20). The number of amides is 2. The molecular weight excluding hydrogens is 351 g/mol. The normalized spacial score (nSPS) is 9.86. The van der Waals surface area contributed by atoms with Crippen LogP contribution in [0.1, 0.15) is 16.8 Å². The maximum Gasteiger partial charge on any atom is 0.340 e. The molecule has 0 saturated carbocycles. The summed E-state index contributed by atoms with van der Waals surface area (Å²) in [5.41, 5.74) is -0.130. The van der Waals surface area contributed by atoms with Gasteiger partial charge in [-0.3, -0.25) is 4.79 Å². The summed E-state index contributed by atoms with van der Waals surface area (Å²) in [6.07, 6.45) is -0.246. The molecule has 1 aromatic rings. The maximum atomic E-state index is 13.4. The van der Waals surface area contributed by atoms with Gasteiger partial charge in [0.1, 0.15) is 5.82 Å². The van der Waals surface area contributed by atoms with Crippen molar-refractivity contribution in [1.29, 1.82) is 0 Å². The Morgan fingerprint density at radius 2 is 2.05 bits per heavy atom. The monoisotopic (exact) mass is 362 g/mol. The number of rotatable bonds is 5. The minimum Gasteiger partial charge on any atom is -0.481 e. The van der Waals surface area contributed by atoms with Crippen molar-refractivity contribution in [3.63, 3.8) is 0 Å². The number of benzene rings is 1. The summed E-state index contributed by atoms with van der Waals surface area (Å²) >= 11 is 2.94. The molecule has 21 heavy (non-hydrogen) atoms. The van der Waals surface area contributed by atoms with Crippen LogP contribution in [0.3, 0.4) is 0 Å². The van der Waals surface area contributed by atoms with Crippen molar-refractivity contribution in [2.45, 2.75) is 6.42 Å². The summed E-state index contributed by atoms with van der Waals surface area (Å²) in [7, 11) is 1.12. The van der Waals surface area contributed by atoms with Crippen LogP contribution in [-0.4, -0.2) is 36.7 Å². The average molecular weight is 363 g/mol. The Kier molecular flexibility index (Phi) is 6.10. The Bertz CT molecular complexity index is 579. The number of urea groups is 1. The third-order valence-electron chi connectivity index (χ3n) is 2.34. The quantitative estimate of drug-likeness (QED) is 0.694. The third-order valence-corrected chi connectivity index (χ3v) is 2.95. The van der Waals surface area contributed by atoms with Crippen LogP contribution in [0.5, 0.6) is 0 Å². The van der Waals surface area contributed by atoms with E-state index in [2.05, 4.69) is 31.3 Å². The number of halogens is 2. The summed E-state index contributed by atoms with van der Waals surface area (Å²) in [5.74, 6) is -2.57. The van der Waals surface area contributed by atoms with Crippen LogP contribution in [0.15, 0.2) is 16.6 Å². The van der Waals surface area contributed by atoms with Gasteiger partial charge >= 0.3 is 18.0 Å². The molecule has 0 heterocycles. The lowest BCUT2D eigenvalue weighted by molar-refractivity contribution is -0.136. The SMILES string of the molecule is COC(=O)c1cc(F)c(Br)cc1NC(=O)NCCC(=O)O. The van der Waals surface area contributed by atoms with Crippen molar-refractivity contribution < 1.29 is 28.6 Å². The van der Waals surface area contributed by atoms with Crippen molar-refractivity contribution in [3.8, 4) is 0 Å². The van der Waals surface area contributed by atoms with E-state index in [0.29, 0.717) is 0 Å². The predicted molar refractivity (Wildman–Crippen MR) is 74.7 cm³/mol. The van der Waals surface area contributed by atoms with Crippen LogP contribution in [-0.2, 0) is 9.53 Å². The molecule has 7 nitrogen and oxygen atoms in total. The van der Waals surface area contributed by atoms with E-state index >= 15 is 0 Å². The minimum absolute atomic E-state index is 0.0305. The summed E-state index contributed by atoms with van der Waals surface area (Å²) in [6, 6.07) is 1.40. The van der Waals surface area contributed by atoms with E-state index in [0.717, 1.165) is 13.2 Å². The zero-order valence-electron chi connectivity index (χ0n) is 10.9. The van der Waals surface area contributed by atoms with Crippen molar-refractivity contribution in [2.75, 3.05) is 19.0 Å². The van der Waals surface area contributed by atoms with Gasteiger partial charge in [0.05, 0.1) is 29.3 Å². The molecule has 0 aromatic heterocycles. The van der Waals surface area contributed by atoms with Crippen LogP contribution in [0.4, 0.5) is 14.9 Å². The highest BCUT2D eigenvalue weighted by Crippen LogP contribution is 2.25. The van der Waals surface area contributed by atoms with Gasteiger partial charge in [-0.05, 0) is 28.1 Å². The van der Waals surface area contributed by atoms with Gasteiger partial charge in [-0.2, -0.15) is 0 Å². The fourth-order valence-electron chi connectivity index (χ4n) is 1.38. The molecule has 3 N–H and O–H groups in total. The second-order valence-electron chi connectivity index (χ2n) is 3.83. The largest absolute Gasteiger partial charge is 0.481 e.